The highest BCUT2D eigenvalue weighted by Gasteiger charge is 2.31. The first kappa shape index (κ1) is 9.68. The average Bonchev–Trinajstić information content (AvgIpc) is 2.63. The molecule has 1 amide bonds. The average molecular weight is 211 g/mol. The van der Waals surface area contributed by atoms with Crippen molar-refractivity contribution in [3.05, 3.63) is 22.4 Å². The van der Waals surface area contributed by atoms with Gasteiger partial charge in [0.05, 0.1) is 12.0 Å². The van der Waals surface area contributed by atoms with Crippen molar-refractivity contribution < 1.29 is 9.90 Å². The minimum Gasteiger partial charge on any atom is -0.389 e. The molecule has 0 aromatic carbocycles. The summed E-state index contributed by atoms with van der Waals surface area (Å²) in [4.78, 5) is 13.5. The van der Waals surface area contributed by atoms with Gasteiger partial charge in [-0.2, -0.15) is 11.3 Å². The number of amides is 1. The zero-order valence-corrected chi connectivity index (χ0v) is 8.83. The number of β-amino-alcohol motifs (C(OH)–C–C–N with tert-alkyl or cyclic N) is 1. The summed E-state index contributed by atoms with van der Waals surface area (Å²) >= 11 is 1.60. The molecule has 0 bridgehead atoms. The molecule has 2 rings (SSSR count). The van der Waals surface area contributed by atoms with Crippen molar-refractivity contribution in [3.63, 3.8) is 0 Å². The number of rotatable bonds is 2. The van der Waals surface area contributed by atoms with Crippen LogP contribution in [0.15, 0.2) is 16.8 Å². The molecule has 2 heterocycles. The van der Waals surface area contributed by atoms with Gasteiger partial charge in [-0.3, -0.25) is 4.79 Å². The van der Waals surface area contributed by atoms with E-state index in [1.807, 2.05) is 23.8 Å². The van der Waals surface area contributed by atoms with Gasteiger partial charge in [-0.05, 0) is 29.3 Å². The molecule has 76 valence electrons. The molecule has 1 unspecified atom stereocenters. The lowest BCUT2D eigenvalue weighted by molar-refractivity contribution is -0.142. The molecule has 1 aliphatic heterocycles. The summed E-state index contributed by atoms with van der Waals surface area (Å²) in [7, 11) is 0. The van der Waals surface area contributed by atoms with Gasteiger partial charge in [0.2, 0.25) is 5.91 Å². The molecule has 0 aliphatic carbocycles. The lowest BCUT2D eigenvalue weighted by atomic mass is 10.0. The van der Waals surface area contributed by atoms with E-state index in [2.05, 4.69) is 0 Å². The summed E-state index contributed by atoms with van der Waals surface area (Å²) < 4.78 is 0. The van der Waals surface area contributed by atoms with Crippen LogP contribution in [-0.2, 0) is 4.79 Å². The van der Waals surface area contributed by atoms with Crippen LogP contribution < -0.4 is 0 Å². The monoisotopic (exact) mass is 211 g/mol. The van der Waals surface area contributed by atoms with Gasteiger partial charge in [0.15, 0.2) is 0 Å². The van der Waals surface area contributed by atoms with Crippen LogP contribution >= 0.6 is 11.3 Å². The Hall–Kier alpha value is -0.870. The molecule has 14 heavy (non-hydrogen) atoms. The number of carbonyl (C=O) groups excluding carboxylic acids is 1. The van der Waals surface area contributed by atoms with Gasteiger partial charge in [-0.15, -0.1) is 0 Å². The summed E-state index contributed by atoms with van der Waals surface area (Å²) in [5.74, 6) is 0.0439. The SMILES string of the molecule is CC(C(=O)N1CC(O)C1)c1ccsc1. The standard InChI is InChI=1S/C10H13NO2S/c1-7(8-2-3-14-6-8)10(13)11-4-9(12)5-11/h2-3,6-7,9,12H,4-5H2,1H3. The van der Waals surface area contributed by atoms with Crippen LogP contribution in [0.5, 0.6) is 0 Å². The molecule has 1 fully saturated rings. The molecule has 1 N–H and O–H groups in total. The number of carbonyl (C=O) groups is 1. The fourth-order valence-corrected chi connectivity index (χ4v) is 2.33. The lowest BCUT2D eigenvalue weighted by Gasteiger charge is -2.37. The highest BCUT2D eigenvalue weighted by atomic mass is 32.1. The number of aliphatic hydroxyl groups is 1. The molecule has 1 aromatic rings. The first-order valence-electron chi connectivity index (χ1n) is 4.67. The van der Waals surface area contributed by atoms with Crippen LogP contribution in [0.25, 0.3) is 0 Å². The number of nitrogens with zero attached hydrogens (tertiary/aromatic N) is 1. The number of hydrogen-bond acceptors (Lipinski definition) is 3. The van der Waals surface area contributed by atoms with Crippen molar-refractivity contribution in [2.24, 2.45) is 0 Å². The topological polar surface area (TPSA) is 40.5 Å². The van der Waals surface area contributed by atoms with Gasteiger partial charge in [0, 0.05) is 13.1 Å². The summed E-state index contributed by atoms with van der Waals surface area (Å²) in [5.41, 5.74) is 1.07. The van der Waals surface area contributed by atoms with Crippen molar-refractivity contribution in [1.82, 2.24) is 4.90 Å². The van der Waals surface area contributed by atoms with Gasteiger partial charge >= 0.3 is 0 Å². The molecular formula is C10H13NO2S. The quantitative estimate of drug-likeness (QED) is 0.794. The van der Waals surface area contributed by atoms with Gasteiger partial charge in [0.25, 0.3) is 0 Å². The Morgan fingerprint density at radius 1 is 1.71 bits per heavy atom. The number of likely N-dealkylation sites (tertiary alicyclic amines) is 1. The van der Waals surface area contributed by atoms with Crippen molar-refractivity contribution in [2.75, 3.05) is 13.1 Å². The Labute approximate surface area is 87.0 Å². The predicted molar refractivity (Wildman–Crippen MR) is 55.3 cm³/mol. The summed E-state index contributed by atoms with van der Waals surface area (Å²) in [6.07, 6.45) is -0.311. The first-order chi connectivity index (χ1) is 6.68. The third kappa shape index (κ3) is 1.67. The molecule has 1 atom stereocenters. The number of thiophene rings is 1. The summed E-state index contributed by atoms with van der Waals surface area (Å²) in [5, 5.41) is 13.1. The van der Waals surface area contributed by atoms with E-state index < -0.39 is 0 Å². The maximum atomic E-state index is 11.8. The largest absolute Gasteiger partial charge is 0.389 e. The van der Waals surface area contributed by atoms with Gasteiger partial charge in [0.1, 0.15) is 0 Å². The minimum atomic E-state index is -0.311. The van der Waals surface area contributed by atoms with Gasteiger partial charge in [-0.25, -0.2) is 0 Å². The maximum Gasteiger partial charge on any atom is 0.230 e. The maximum absolute atomic E-state index is 11.8. The fraction of sp³-hybridized carbons (Fsp3) is 0.500. The van der Waals surface area contributed by atoms with E-state index in [-0.39, 0.29) is 17.9 Å². The Morgan fingerprint density at radius 3 is 2.93 bits per heavy atom. The number of aliphatic hydroxyl groups excluding tert-OH is 1. The molecule has 1 saturated heterocycles. The minimum absolute atomic E-state index is 0.0752. The Bertz CT molecular complexity index is 317. The lowest BCUT2D eigenvalue weighted by Crippen LogP contribution is -2.54. The van der Waals surface area contributed by atoms with E-state index in [1.165, 1.54) is 0 Å². The molecule has 1 aromatic heterocycles. The molecule has 0 spiro atoms. The van der Waals surface area contributed by atoms with E-state index >= 15 is 0 Å². The molecule has 0 saturated carbocycles. The molecule has 3 nitrogen and oxygen atoms in total. The highest BCUT2D eigenvalue weighted by Crippen LogP contribution is 2.22. The van der Waals surface area contributed by atoms with Crippen LogP contribution in [0.3, 0.4) is 0 Å². The zero-order chi connectivity index (χ0) is 10.1. The highest BCUT2D eigenvalue weighted by molar-refractivity contribution is 7.08. The Morgan fingerprint density at radius 2 is 2.43 bits per heavy atom. The van der Waals surface area contributed by atoms with E-state index in [0.29, 0.717) is 13.1 Å². The second kappa shape index (κ2) is 3.71. The van der Waals surface area contributed by atoms with E-state index in [0.717, 1.165) is 5.56 Å². The van der Waals surface area contributed by atoms with Crippen LogP contribution in [0, 0.1) is 0 Å². The molecular weight excluding hydrogens is 198 g/mol. The van der Waals surface area contributed by atoms with Gasteiger partial charge in [-0.1, -0.05) is 0 Å². The van der Waals surface area contributed by atoms with E-state index in [4.69, 9.17) is 5.11 Å². The van der Waals surface area contributed by atoms with Crippen molar-refractivity contribution in [2.45, 2.75) is 18.9 Å². The molecule has 1 aliphatic rings. The second-order valence-electron chi connectivity index (χ2n) is 3.68. The normalized spacial score (nSPS) is 19.1. The van der Waals surface area contributed by atoms with E-state index in [1.54, 1.807) is 16.2 Å². The van der Waals surface area contributed by atoms with Crippen molar-refractivity contribution in [3.8, 4) is 0 Å². The third-order valence-corrected chi connectivity index (χ3v) is 3.29. The van der Waals surface area contributed by atoms with Crippen LogP contribution in [0.2, 0.25) is 0 Å². The summed E-state index contributed by atoms with van der Waals surface area (Å²) in [6, 6.07) is 1.98. The van der Waals surface area contributed by atoms with Crippen LogP contribution in [0.4, 0.5) is 0 Å². The second-order valence-corrected chi connectivity index (χ2v) is 4.46. The van der Waals surface area contributed by atoms with Crippen LogP contribution in [-0.4, -0.2) is 35.1 Å². The third-order valence-electron chi connectivity index (χ3n) is 2.59. The molecule has 4 heteroatoms. The summed E-state index contributed by atoms with van der Waals surface area (Å²) in [6.45, 7) is 2.90. The van der Waals surface area contributed by atoms with Crippen molar-refractivity contribution in [1.29, 1.82) is 0 Å². The zero-order valence-electron chi connectivity index (χ0n) is 8.01. The Balaban J connectivity index is 1.99. The predicted octanol–water partition coefficient (Wildman–Crippen LogP) is 1.05. The van der Waals surface area contributed by atoms with Crippen LogP contribution in [0.1, 0.15) is 18.4 Å². The number of hydrogen-bond donors (Lipinski definition) is 1. The first-order valence-corrected chi connectivity index (χ1v) is 5.61. The molecule has 0 radical (unpaired) electrons. The van der Waals surface area contributed by atoms with Crippen molar-refractivity contribution >= 4 is 17.2 Å². The Kier molecular flexibility index (Phi) is 2.56. The smallest absolute Gasteiger partial charge is 0.230 e. The van der Waals surface area contributed by atoms with E-state index in [9.17, 15) is 4.79 Å². The van der Waals surface area contributed by atoms with Gasteiger partial charge < -0.3 is 10.0 Å². The fourth-order valence-electron chi connectivity index (χ4n) is 1.57.